The number of amides is 2. The fourth-order valence-corrected chi connectivity index (χ4v) is 2.67. The van der Waals surface area contributed by atoms with Gasteiger partial charge in [0.05, 0.1) is 17.2 Å². The van der Waals surface area contributed by atoms with E-state index in [4.69, 9.17) is 23.2 Å². The third-order valence-electron chi connectivity index (χ3n) is 3.81. The Labute approximate surface area is 155 Å². The van der Waals surface area contributed by atoms with Crippen LogP contribution in [0, 0.1) is 0 Å². The first-order valence-corrected chi connectivity index (χ1v) is 8.43. The van der Waals surface area contributed by atoms with E-state index in [9.17, 15) is 14.4 Å². The Bertz CT molecular complexity index is 706. The summed E-state index contributed by atoms with van der Waals surface area (Å²) in [5, 5.41) is 0.858. The summed E-state index contributed by atoms with van der Waals surface area (Å²) in [5.74, 6) is -0.861. The number of hydrogen-bond acceptors (Lipinski definition) is 4. The summed E-state index contributed by atoms with van der Waals surface area (Å²) in [7, 11) is 1.27. The third-order valence-corrected chi connectivity index (χ3v) is 4.55. The first-order valence-electron chi connectivity index (χ1n) is 7.67. The van der Waals surface area contributed by atoms with Crippen molar-refractivity contribution in [2.45, 2.75) is 6.42 Å². The molecular weight excluding hydrogens is 367 g/mol. The number of rotatable bonds is 4. The van der Waals surface area contributed by atoms with Crippen LogP contribution in [-0.4, -0.2) is 60.9 Å². The second-order valence-electron chi connectivity index (χ2n) is 5.47. The van der Waals surface area contributed by atoms with Gasteiger partial charge in [-0.1, -0.05) is 29.3 Å². The highest BCUT2D eigenvalue weighted by atomic mass is 35.5. The van der Waals surface area contributed by atoms with Crippen LogP contribution in [0.3, 0.4) is 0 Å². The summed E-state index contributed by atoms with van der Waals surface area (Å²) < 4.78 is 4.58. The topological polar surface area (TPSA) is 66.9 Å². The average Bonchev–Trinajstić information content (AvgIpc) is 2.78. The lowest BCUT2D eigenvalue weighted by Gasteiger charge is -2.20. The standard InChI is InChI=1S/C17H18Cl2N2O4/c1-25-17(24)11-21-9-8-20(7-6-16(21)23)15(22)5-3-12-2-4-13(18)14(19)10-12/h2-5,10H,6-9,11H2,1H3/b5-3+. The van der Waals surface area contributed by atoms with Crippen molar-refractivity contribution in [3.8, 4) is 0 Å². The molecule has 1 aromatic carbocycles. The lowest BCUT2D eigenvalue weighted by atomic mass is 10.2. The van der Waals surface area contributed by atoms with Gasteiger partial charge in [0.25, 0.3) is 0 Å². The minimum Gasteiger partial charge on any atom is -0.468 e. The Morgan fingerprint density at radius 3 is 2.64 bits per heavy atom. The number of methoxy groups -OCH3 is 1. The van der Waals surface area contributed by atoms with Gasteiger partial charge >= 0.3 is 5.97 Å². The molecule has 0 aliphatic carbocycles. The molecule has 2 amide bonds. The Kier molecular flexibility index (Phi) is 6.84. The van der Waals surface area contributed by atoms with Crippen molar-refractivity contribution in [3.05, 3.63) is 39.9 Å². The van der Waals surface area contributed by atoms with E-state index in [2.05, 4.69) is 4.74 Å². The van der Waals surface area contributed by atoms with Gasteiger partial charge in [0, 0.05) is 32.1 Å². The fourth-order valence-electron chi connectivity index (χ4n) is 2.36. The number of carbonyl (C=O) groups is 3. The molecule has 0 spiro atoms. The monoisotopic (exact) mass is 384 g/mol. The van der Waals surface area contributed by atoms with Crippen LogP contribution < -0.4 is 0 Å². The molecule has 0 unspecified atom stereocenters. The zero-order valence-corrected chi connectivity index (χ0v) is 15.2. The Morgan fingerprint density at radius 2 is 1.96 bits per heavy atom. The molecule has 1 aliphatic heterocycles. The van der Waals surface area contributed by atoms with E-state index < -0.39 is 5.97 Å². The molecule has 1 aliphatic rings. The highest BCUT2D eigenvalue weighted by molar-refractivity contribution is 6.42. The maximum absolute atomic E-state index is 12.3. The minimum atomic E-state index is -0.479. The Balaban J connectivity index is 1.97. The molecule has 0 aromatic heterocycles. The van der Waals surface area contributed by atoms with Crippen LogP contribution in [0.15, 0.2) is 24.3 Å². The van der Waals surface area contributed by atoms with Gasteiger partial charge in [-0.3, -0.25) is 14.4 Å². The first kappa shape index (κ1) is 19.3. The quantitative estimate of drug-likeness (QED) is 0.589. The summed E-state index contributed by atoms with van der Waals surface area (Å²) in [6.07, 6.45) is 3.24. The van der Waals surface area contributed by atoms with Crippen molar-refractivity contribution in [2.24, 2.45) is 0 Å². The summed E-state index contributed by atoms with van der Waals surface area (Å²) in [6.45, 7) is 0.852. The van der Waals surface area contributed by atoms with E-state index in [1.807, 2.05) is 0 Å². The van der Waals surface area contributed by atoms with Gasteiger partial charge in [-0.15, -0.1) is 0 Å². The van der Waals surface area contributed by atoms with Crippen molar-refractivity contribution in [3.63, 3.8) is 0 Å². The SMILES string of the molecule is COC(=O)CN1CCN(C(=O)/C=C/c2ccc(Cl)c(Cl)c2)CCC1=O. The van der Waals surface area contributed by atoms with E-state index in [-0.39, 0.29) is 24.8 Å². The summed E-state index contributed by atoms with van der Waals surface area (Å²) in [5.41, 5.74) is 0.751. The molecule has 1 aromatic rings. The van der Waals surface area contributed by atoms with Gasteiger partial charge < -0.3 is 14.5 Å². The molecule has 0 bridgehead atoms. The van der Waals surface area contributed by atoms with Gasteiger partial charge in [-0.05, 0) is 23.8 Å². The molecule has 0 saturated carbocycles. The van der Waals surface area contributed by atoms with E-state index in [0.29, 0.717) is 29.7 Å². The van der Waals surface area contributed by atoms with Gasteiger partial charge in [-0.2, -0.15) is 0 Å². The smallest absolute Gasteiger partial charge is 0.325 e. The van der Waals surface area contributed by atoms with Crippen LogP contribution in [-0.2, 0) is 19.1 Å². The number of nitrogens with zero attached hydrogens (tertiary/aromatic N) is 2. The number of ether oxygens (including phenoxy) is 1. The zero-order valence-electron chi connectivity index (χ0n) is 13.7. The van der Waals surface area contributed by atoms with Gasteiger partial charge in [0.15, 0.2) is 0 Å². The highest BCUT2D eigenvalue weighted by Gasteiger charge is 2.24. The van der Waals surface area contributed by atoms with Gasteiger partial charge in [0.2, 0.25) is 11.8 Å². The number of carbonyl (C=O) groups excluding carboxylic acids is 3. The number of esters is 1. The van der Waals surface area contributed by atoms with Crippen LogP contribution >= 0.6 is 23.2 Å². The maximum atomic E-state index is 12.3. The van der Waals surface area contributed by atoms with Crippen molar-refractivity contribution >= 4 is 47.1 Å². The van der Waals surface area contributed by atoms with Crippen LogP contribution in [0.1, 0.15) is 12.0 Å². The lowest BCUT2D eigenvalue weighted by Crippen LogP contribution is -2.38. The summed E-state index contributed by atoms with van der Waals surface area (Å²) >= 11 is 11.8. The number of benzene rings is 1. The van der Waals surface area contributed by atoms with Crippen LogP contribution in [0.4, 0.5) is 0 Å². The highest BCUT2D eigenvalue weighted by Crippen LogP contribution is 2.23. The predicted molar refractivity (Wildman–Crippen MR) is 95.3 cm³/mol. The normalized spacial score (nSPS) is 15.4. The van der Waals surface area contributed by atoms with E-state index >= 15 is 0 Å². The first-order chi connectivity index (χ1) is 11.9. The second-order valence-corrected chi connectivity index (χ2v) is 6.29. The maximum Gasteiger partial charge on any atom is 0.325 e. The van der Waals surface area contributed by atoms with Crippen LogP contribution in [0.5, 0.6) is 0 Å². The number of halogens is 2. The molecule has 0 atom stereocenters. The Hall–Kier alpha value is -2.05. The van der Waals surface area contributed by atoms with E-state index in [1.165, 1.54) is 18.1 Å². The van der Waals surface area contributed by atoms with Crippen molar-refractivity contribution in [2.75, 3.05) is 33.3 Å². The molecule has 1 saturated heterocycles. The number of hydrogen-bond donors (Lipinski definition) is 0. The fraction of sp³-hybridized carbons (Fsp3) is 0.353. The van der Waals surface area contributed by atoms with Gasteiger partial charge in [-0.25, -0.2) is 0 Å². The van der Waals surface area contributed by atoms with E-state index in [0.717, 1.165) is 5.56 Å². The molecule has 8 heteroatoms. The molecule has 1 heterocycles. The van der Waals surface area contributed by atoms with E-state index in [1.54, 1.807) is 29.2 Å². The van der Waals surface area contributed by atoms with Gasteiger partial charge in [0.1, 0.15) is 6.54 Å². The van der Waals surface area contributed by atoms with Crippen molar-refractivity contribution in [1.82, 2.24) is 9.80 Å². The lowest BCUT2D eigenvalue weighted by molar-refractivity contribution is -0.146. The molecule has 25 heavy (non-hydrogen) atoms. The molecule has 134 valence electrons. The molecule has 1 fully saturated rings. The summed E-state index contributed by atoms with van der Waals surface area (Å²) in [6, 6.07) is 5.07. The van der Waals surface area contributed by atoms with Crippen LogP contribution in [0.2, 0.25) is 10.0 Å². The molecule has 2 rings (SSSR count). The molecule has 0 N–H and O–H groups in total. The van der Waals surface area contributed by atoms with Crippen molar-refractivity contribution in [1.29, 1.82) is 0 Å². The largest absolute Gasteiger partial charge is 0.468 e. The van der Waals surface area contributed by atoms with Crippen molar-refractivity contribution < 1.29 is 19.1 Å². The minimum absolute atomic E-state index is 0.101. The second kappa shape index (κ2) is 8.87. The molecule has 0 radical (unpaired) electrons. The third kappa shape index (κ3) is 5.47. The summed E-state index contributed by atoms with van der Waals surface area (Å²) in [4.78, 5) is 38.7. The molecular formula is C17H18Cl2N2O4. The predicted octanol–water partition coefficient (Wildman–Crippen LogP) is 2.24. The Morgan fingerprint density at radius 1 is 1.20 bits per heavy atom. The average molecular weight is 385 g/mol. The molecule has 6 nitrogen and oxygen atoms in total. The van der Waals surface area contributed by atoms with Crippen LogP contribution in [0.25, 0.3) is 6.08 Å². The zero-order chi connectivity index (χ0) is 18.4.